The summed E-state index contributed by atoms with van der Waals surface area (Å²) in [5, 5.41) is 2.72. The van der Waals surface area contributed by atoms with Gasteiger partial charge in [-0.25, -0.2) is 0 Å². The summed E-state index contributed by atoms with van der Waals surface area (Å²) in [6.45, 7) is 3.80. The van der Waals surface area contributed by atoms with Crippen LogP contribution in [0.25, 0.3) is 0 Å². The van der Waals surface area contributed by atoms with Crippen molar-refractivity contribution in [2.45, 2.75) is 19.9 Å². The molecule has 0 spiro atoms. The molecule has 1 N–H and O–H groups in total. The lowest BCUT2D eigenvalue weighted by Crippen LogP contribution is -2.45. The number of nitrogens with zero attached hydrogens (tertiary/aromatic N) is 2. The van der Waals surface area contributed by atoms with Crippen molar-refractivity contribution in [3.8, 4) is 5.75 Å². The minimum absolute atomic E-state index is 0.0245. The fraction of sp³-hybridized carbons (Fsp3) is 0.238. The van der Waals surface area contributed by atoms with Gasteiger partial charge in [-0.15, -0.1) is 0 Å². The molecule has 2 aliphatic rings. The average molecular weight is 393 g/mol. The normalized spacial score (nSPS) is 16.3. The fourth-order valence-electron chi connectivity index (χ4n) is 3.55. The monoisotopic (exact) mass is 393 g/mol. The van der Waals surface area contributed by atoms with E-state index in [9.17, 15) is 19.2 Å². The van der Waals surface area contributed by atoms with Crippen LogP contribution in [0.3, 0.4) is 0 Å². The molecule has 2 aromatic rings. The third-order valence-corrected chi connectivity index (χ3v) is 5.08. The highest BCUT2D eigenvalue weighted by molar-refractivity contribution is 6.23. The van der Waals surface area contributed by atoms with Crippen LogP contribution >= 0.6 is 0 Å². The largest absolute Gasteiger partial charge is 0.482 e. The molecular weight excluding hydrogens is 374 g/mol. The van der Waals surface area contributed by atoms with Gasteiger partial charge in [0.2, 0.25) is 5.91 Å². The highest BCUT2D eigenvalue weighted by Crippen LogP contribution is 2.34. The zero-order chi connectivity index (χ0) is 20.7. The van der Waals surface area contributed by atoms with E-state index in [0.717, 1.165) is 4.90 Å². The lowest BCUT2D eigenvalue weighted by atomic mass is 10.1. The molecule has 2 heterocycles. The Morgan fingerprint density at radius 3 is 2.38 bits per heavy atom. The van der Waals surface area contributed by atoms with Crippen molar-refractivity contribution >= 4 is 35.0 Å². The van der Waals surface area contributed by atoms with Crippen LogP contribution in [0.4, 0.5) is 11.4 Å². The fourth-order valence-corrected chi connectivity index (χ4v) is 3.55. The van der Waals surface area contributed by atoms with Crippen molar-refractivity contribution in [2.24, 2.45) is 0 Å². The third-order valence-electron chi connectivity index (χ3n) is 5.08. The molecule has 4 rings (SSSR count). The Labute approximate surface area is 167 Å². The van der Waals surface area contributed by atoms with Gasteiger partial charge in [-0.3, -0.25) is 24.1 Å². The van der Waals surface area contributed by atoms with Gasteiger partial charge in [0.05, 0.1) is 16.8 Å². The number of carbonyl (C=O) groups is 4. The van der Waals surface area contributed by atoms with E-state index >= 15 is 0 Å². The summed E-state index contributed by atoms with van der Waals surface area (Å²) >= 11 is 0. The van der Waals surface area contributed by atoms with E-state index < -0.39 is 23.8 Å². The Balaban J connectivity index is 1.55. The van der Waals surface area contributed by atoms with E-state index in [0.29, 0.717) is 34.8 Å². The maximum absolute atomic E-state index is 12.8. The van der Waals surface area contributed by atoms with Crippen molar-refractivity contribution in [1.82, 2.24) is 4.90 Å². The van der Waals surface area contributed by atoms with Gasteiger partial charge in [-0.05, 0) is 44.2 Å². The Kier molecular flexibility index (Phi) is 4.54. The second-order valence-corrected chi connectivity index (χ2v) is 6.80. The first kappa shape index (κ1) is 18.7. The quantitative estimate of drug-likeness (QED) is 0.802. The Hall–Kier alpha value is -3.68. The van der Waals surface area contributed by atoms with E-state index in [1.807, 2.05) is 6.92 Å². The molecule has 29 heavy (non-hydrogen) atoms. The predicted octanol–water partition coefficient (Wildman–Crippen LogP) is 2.06. The SMILES string of the molecule is CCN1C(=O)COc2ccc(NC(=O)C(C)N3C(=O)c4ccccc4C3=O)cc21. The number of amides is 4. The van der Waals surface area contributed by atoms with Crippen molar-refractivity contribution in [2.75, 3.05) is 23.4 Å². The molecule has 0 saturated heterocycles. The summed E-state index contributed by atoms with van der Waals surface area (Å²) < 4.78 is 5.42. The van der Waals surface area contributed by atoms with Crippen molar-refractivity contribution in [3.05, 3.63) is 53.6 Å². The molecule has 2 aliphatic heterocycles. The molecule has 2 aromatic carbocycles. The Bertz CT molecular complexity index is 1010. The van der Waals surface area contributed by atoms with E-state index in [2.05, 4.69) is 5.32 Å². The van der Waals surface area contributed by atoms with Crippen LogP contribution in [-0.2, 0) is 9.59 Å². The summed E-state index contributed by atoms with van der Waals surface area (Å²) in [4.78, 5) is 52.5. The number of likely N-dealkylation sites (N-methyl/N-ethyl adjacent to an activating group) is 1. The zero-order valence-electron chi connectivity index (χ0n) is 16.0. The van der Waals surface area contributed by atoms with Crippen LogP contribution in [0.2, 0.25) is 0 Å². The van der Waals surface area contributed by atoms with Crippen LogP contribution < -0.4 is 15.0 Å². The molecule has 1 atom stereocenters. The molecule has 0 bridgehead atoms. The molecule has 4 amide bonds. The van der Waals surface area contributed by atoms with Gasteiger partial charge in [-0.1, -0.05) is 12.1 Å². The number of imide groups is 1. The van der Waals surface area contributed by atoms with Gasteiger partial charge in [0.25, 0.3) is 17.7 Å². The van der Waals surface area contributed by atoms with Crippen molar-refractivity contribution < 1.29 is 23.9 Å². The summed E-state index contributed by atoms with van der Waals surface area (Å²) in [6.07, 6.45) is 0. The highest BCUT2D eigenvalue weighted by atomic mass is 16.5. The highest BCUT2D eigenvalue weighted by Gasteiger charge is 2.40. The minimum Gasteiger partial charge on any atom is -0.482 e. The van der Waals surface area contributed by atoms with Crippen molar-refractivity contribution in [3.63, 3.8) is 0 Å². The first-order valence-corrected chi connectivity index (χ1v) is 9.27. The number of nitrogens with one attached hydrogen (secondary N) is 1. The smallest absolute Gasteiger partial charge is 0.265 e. The summed E-state index contributed by atoms with van der Waals surface area (Å²) in [7, 11) is 0. The molecule has 0 aliphatic carbocycles. The molecule has 0 saturated carbocycles. The second-order valence-electron chi connectivity index (χ2n) is 6.80. The molecule has 0 aromatic heterocycles. The standard InChI is InChI=1S/C21H19N3O5/c1-3-23-16-10-13(8-9-17(16)29-11-18(23)25)22-19(26)12(2)24-20(27)14-6-4-5-7-15(14)21(24)28/h4-10,12H,3,11H2,1-2H3,(H,22,26). The number of hydrogen-bond donors (Lipinski definition) is 1. The molecular formula is C21H19N3O5. The minimum atomic E-state index is -1.00. The van der Waals surface area contributed by atoms with Gasteiger partial charge >= 0.3 is 0 Å². The number of anilines is 2. The molecule has 8 nitrogen and oxygen atoms in total. The molecule has 1 unspecified atom stereocenters. The Morgan fingerprint density at radius 2 is 1.76 bits per heavy atom. The predicted molar refractivity (Wildman–Crippen MR) is 105 cm³/mol. The molecule has 148 valence electrons. The van der Waals surface area contributed by atoms with E-state index in [1.54, 1.807) is 47.4 Å². The Morgan fingerprint density at radius 1 is 1.10 bits per heavy atom. The summed E-state index contributed by atoms with van der Waals surface area (Å²) in [5.41, 5.74) is 1.59. The zero-order valence-corrected chi connectivity index (χ0v) is 16.0. The first-order valence-electron chi connectivity index (χ1n) is 9.27. The van der Waals surface area contributed by atoms with Crippen molar-refractivity contribution in [1.29, 1.82) is 0 Å². The van der Waals surface area contributed by atoms with Crippen LogP contribution in [0, 0.1) is 0 Å². The number of benzene rings is 2. The average Bonchev–Trinajstić information content (AvgIpc) is 2.98. The number of hydrogen-bond acceptors (Lipinski definition) is 5. The third kappa shape index (κ3) is 3.02. The van der Waals surface area contributed by atoms with Gasteiger partial charge in [-0.2, -0.15) is 0 Å². The first-order chi connectivity index (χ1) is 13.9. The number of rotatable bonds is 4. The van der Waals surface area contributed by atoms with Gasteiger partial charge in [0, 0.05) is 12.2 Å². The summed E-state index contributed by atoms with van der Waals surface area (Å²) in [6, 6.07) is 10.5. The number of carbonyl (C=O) groups excluding carboxylic acids is 4. The topological polar surface area (TPSA) is 96.0 Å². The van der Waals surface area contributed by atoms with Gasteiger partial charge in [0.1, 0.15) is 11.8 Å². The molecule has 0 radical (unpaired) electrons. The maximum atomic E-state index is 12.8. The van der Waals surface area contributed by atoms with Crippen LogP contribution in [0.1, 0.15) is 34.6 Å². The summed E-state index contributed by atoms with van der Waals surface area (Å²) in [5.74, 6) is -1.10. The molecule has 8 heteroatoms. The number of ether oxygens (including phenoxy) is 1. The second kappa shape index (κ2) is 7.05. The van der Waals surface area contributed by atoms with Gasteiger partial charge < -0.3 is 15.0 Å². The van der Waals surface area contributed by atoms with E-state index in [4.69, 9.17) is 4.74 Å². The molecule has 0 fully saturated rings. The van der Waals surface area contributed by atoms with Gasteiger partial charge in [0.15, 0.2) is 6.61 Å². The lowest BCUT2D eigenvalue weighted by molar-refractivity contribution is -0.121. The van der Waals surface area contributed by atoms with Crippen LogP contribution in [0.15, 0.2) is 42.5 Å². The maximum Gasteiger partial charge on any atom is 0.265 e. The van der Waals surface area contributed by atoms with E-state index in [-0.39, 0.29) is 12.5 Å². The van der Waals surface area contributed by atoms with Crippen LogP contribution in [0.5, 0.6) is 5.75 Å². The lowest BCUT2D eigenvalue weighted by Gasteiger charge is -2.29. The number of fused-ring (bicyclic) bond motifs is 2. The van der Waals surface area contributed by atoms with Crippen LogP contribution in [-0.4, -0.2) is 47.7 Å². The van der Waals surface area contributed by atoms with E-state index in [1.165, 1.54) is 6.92 Å².